The van der Waals surface area contributed by atoms with Gasteiger partial charge in [-0.2, -0.15) is 0 Å². The zero-order valence-electron chi connectivity index (χ0n) is 17.2. The molecule has 2 atom stereocenters. The standard InChI is InChI=1S/C22H18F3N3O5/c1-11(12-5-7-13(8-6-12)33-22(23,24)25)26-15-4-2-3-14-18(15)21(32)28(20(14)31)16-9-10-17(29)27-19(16)30/h2-8,11,16,26H,9-10H2,1H3,(H,27,29,30)/t11-,16?/m0/s1. The van der Waals surface area contributed by atoms with Crippen molar-refractivity contribution in [2.75, 3.05) is 5.32 Å². The minimum absolute atomic E-state index is 0.0139. The van der Waals surface area contributed by atoms with E-state index in [4.69, 9.17) is 0 Å². The summed E-state index contributed by atoms with van der Waals surface area (Å²) in [5.41, 5.74) is 1.16. The van der Waals surface area contributed by atoms with Gasteiger partial charge < -0.3 is 10.1 Å². The predicted molar refractivity (Wildman–Crippen MR) is 108 cm³/mol. The Morgan fingerprint density at radius 2 is 1.76 bits per heavy atom. The van der Waals surface area contributed by atoms with Crippen molar-refractivity contribution in [3.63, 3.8) is 0 Å². The summed E-state index contributed by atoms with van der Waals surface area (Å²) in [4.78, 5) is 50.5. The Morgan fingerprint density at radius 3 is 2.39 bits per heavy atom. The lowest BCUT2D eigenvalue weighted by Crippen LogP contribution is -2.54. The second-order valence-corrected chi connectivity index (χ2v) is 7.66. The second-order valence-electron chi connectivity index (χ2n) is 7.66. The number of rotatable bonds is 5. The predicted octanol–water partition coefficient (Wildman–Crippen LogP) is 3.16. The molecule has 2 aromatic rings. The van der Waals surface area contributed by atoms with Gasteiger partial charge in [-0.25, -0.2) is 0 Å². The molecule has 0 saturated carbocycles. The number of anilines is 1. The molecule has 2 aliphatic rings. The maximum Gasteiger partial charge on any atom is 0.573 e. The Hall–Kier alpha value is -3.89. The van der Waals surface area contributed by atoms with E-state index in [2.05, 4.69) is 15.4 Å². The molecule has 2 N–H and O–H groups in total. The van der Waals surface area contributed by atoms with Crippen LogP contribution in [0, 0.1) is 0 Å². The summed E-state index contributed by atoms with van der Waals surface area (Å²) in [7, 11) is 0. The van der Waals surface area contributed by atoms with E-state index in [0.717, 1.165) is 4.90 Å². The summed E-state index contributed by atoms with van der Waals surface area (Å²) < 4.78 is 40.9. The van der Waals surface area contributed by atoms with Gasteiger partial charge in [0.15, 0.2) is 0 Å². The lowest BCUT2D eigenvalue weighted by atomic mass is 10.0. The quantitative estimate of drug-likeness (QED) is 0.663. The molecule has 4 amide bonds. The van der Waals surface area contributed by atoms with Gasteiger partial charge in [0, 0.05) is 18.2 Å². The van der Waals surface area contributed by atoms with Crippen molar-refractivity contribution in [2.45, 2.75) is 38.2 Å². The first-order valence-corrected chi connectivity index (χ1v) is 10.0. The highest BCUT2D eigenvalue weighted by Gasteiger charge is 2.45. The van der Waals surface area contributed by atoms with Gasteiger partial charge in [0.2, 0.25) is 11.8 Å². The Morgan fingerprint density at radius 1 is 1.06 bits per heavy atom. The first kappa shape index (κ1) is 22.3. The molecule has 11 heteroatoms. The summed E-state index contributed by atoms with van der Waals surface area (Å²) in [5.74, 6) is -2.82. The zero-order chi connectivity index (χ0) is 23.9. The third-order valence-corrected chi connectivity index (χ3v) is 5.45. The third-order valence-electron chi connectivity index (χ3n) is 5.45. The molecule has 172 valence electrons. The zero-order valence-corrected chi connectivity index (χ0v) is 17.2. The van der Waals surface area contributed by atoms with Gasteiger partial charge in [0.1, 0.15) is 11.8 Å². The molecular weight excluding hydrogens is 443 g/mol. The molecule has 1 saturated heterocycles. The number of ether oxygens (including phenoxy) is 1. The average Bonchev–Trinajstić information content (AvgIpc) is 2.99. The molecule has 0 spiro atoms. The first-order chi connectivity index (χ1) is 15.5. The van der Waals surface area contributed by atoms with Gasteiger partial charge in [0.25, 0.3) is 11.8 Å². The van der Waals surface area contributed by atoms with Crippen LogP contribution >= 0.6 is 0 Å². The van der Waals surface area contributed by atoms with Gasteiger partial charge >= 0.3 is 6.36 Å². The maximum absolute atomic E-state index is 13.1. The van der Waals surface area contributed by atoms with Crippen LogP contribution in [0.2, 0.25) is 0 Å². The molecule has 2 aromatic carbocycles. The van der Waals surface area contributed by atoms with Crippen molar-refractivity contribution >= 4 is 29.3 Å². The fourth-order valence-corrected chi connectivity index (χ4v) is 3.91. The minimum atomic E-state index is -4.79. The van der Waals surface area contributed by atoms with Crippen LogP contribution in [0.1, 0.15) is 52.1 Å². The largest absolute Gasteiger partial charge is 0.573 e. The fraction of sp³-hybridized carbons (Fsp3) is 0.273. The van der Waals surface area contributed by atoms with Crippen molar-refractivity contribution in [3.05, 3.63) is 59.2 Å². The number of piperidine rings is 1. The van der Waals surface area contributed by atoms with Crippen LogP contribution in [0.4, 0.5) is 18.9 Å². The van der Waals surface area contributed by atoms with Crippen molar-refractivity contribution in [3.8, 4) is 5.75 Å². The number of nitrogens with one attached hydrogen (secondary N) is 2. The van der Waals surface area contributed by atoms with Gasteiger partial charge in [-0.3, -0.25) is 29.4 Å². The number of amides is 4. The van der Waals surface area contributed by atoms with E-state index < -0.39 is 42.1 Å². The number of imide groups is 2. The Balaban J connectivity index is 1.55. The number of fused-ring (bicyclic) bond motifs is 1. The van der Waals surface area contributed by atoms with Crippen LogP contribution in [0.25, 0.3) is 0 Å². The molecule has 1 fully saturated rings. The van der Waals surface area contributed by atoms with Crippen LogP contribution in [-0.4, -0.2) is 40.9 Å². The van der Waals surface area contributed by atoms with Crippen molar-refractivity contribution in [1.82, 2.24) is 10.2 Å². The van der Waals surface area contributed by atoms with E-state index in [1.165, 1.54) is 30.3 Å². The molecule has 33 heavy (non-hydrogen) atoms. The number of hydrogen-bond donors (Lipinski definition) is 2. The molecule has 2 aliphatic heterocycles. The van der Waals surface area contributed by atoms with E-state index in [9.17, 15) is 32.3 Å². The number of carbonyl (C=O) groups excluding carboxylic acids is 4. The van der Waals surface area contributed by atoms with Crippen molar-refractivity contribution in [2.24, 2.45) is 0 Å². The summed E-state index contributed by atoms with van der Waals surface area (Å²) >= 11 is 0. The smallest absolute Gasteiger partial charge is 0.406 e. The molecule has 1 unspecified atom stereocenters. The van der Waals surface area contributed by atoms with E-state index in [1.54, 1.807) is 19.1 Å². The normalized spacial score (nSPS) is 19.3. The topological polar surface area (TPSA) is 105 Å². The molecule has 4 rings (SSSR count). The van der Waals surface area contributed by atoms with E-state index in [0.29, 0.717) is 11.3 Å². The number of hydrogen-bond acceptors (Lipinski definition) is 6. The monoisotopic (exact) mass is 461 g/mol. The summed E-state index contributed by atoms with van der Waals surface area (Å²) in [6, 6.07) is 8.37. The maximum atomic E-state index is 13.1. The van der Waals surface area contributed by atoms with E-state index in [1.807, 2.05) is 0 Å². The highest BCUT2D eigenvalue weighted by atomic mass is 19.4. The summed E-state index contributed by atoms with van der Waals surface area (Å²) in [6.07, 6.45) is -4.74. The first-order valence-electron chi connectivity index (χ1n) is 10.0. The summed E-state index contributed by atoms with van der Waals surface area (Å²) in [6.45, 7) is 1.73. The van der Waals surface area contributed by atoms with Gasteiger partial charge in [-0.05, 0) is 43.2 Å². The van der Waals surface area contributed by atoms with Crippen molar-refractivity contribution < 1.29 is 37.1 Å². The molecule has 0 bridgehead atoms. The van der Waals surface area contributed by atoms with Crippen LogP contribution in [-0.2, 0) is 9.59 Å². The highest BCUT2D eigenvalue weighted by molar-refractivity contribution is 6.25. The van der Waals surface area contributed by atoms with Crippen LogP contribution < -0.4 is 15.4 Å². The Kier molecular flexibility index (Phi) is 5.56. The van der Waals surface area contributed by atoms with Crippen molar-refractivity contribution in [1.29, 1.82) is 0 Å². The third kappa shape index (κ3) is 4.38. The number of halogens is 3. The van der Waals surface area contributed by atoms with E-state index >= 15 is 0 Å². The lowest BCUT2D eigenvalue weighted by molar-refractivity contribution is -0.274. The number of alkyl halides is 3. The van der Waals surface area contributed by atoms with Gasteiger partial charge in [-0.1, -0.05) is 18.2 Å². The molecule has 0 aliphatic carbocycles. The minimum Gasteiger partial charge on any atom is -0.406 e. The number of nitrogens with zero attached hydrogens (tertiary/aromatic N) is 1. The lowest BCUT2D eigenvalue weighted by Gasteiger charge is -2.28. The van der Waals surface area contributed by atoms with Gasteiger partial charge in [-0.15, -0.1) is 13.2 Å². The van der Waals surface area contributed by atoms with Crippen LogP contribution in [0.3, 0.4) is 0 Å². The van der Waals surface area contributed by atoms with Gasteiger partial charge in [0.05, 0.1) is 11.1 Å². The fourth-order valence-electron chi connectivity index (χ4n) is 3.91. The SMILES string of the molecule is C[C@H](Nc1cccc2c1C(=O)N(C1CCC(=O)NC1=O)C2=O)c1ccc(OC(F)(F)F)cc1. The summed E-state index contributed by atoms with van der Waals surface area (Å²) in [5, 5.41) is 5.24. The number of benzene rings is 2. The van der Waals surface area contributed by atoms with Crippen LogP contribution in [0.15, 0.2) is 42.5 Å². The highest BCUT2D eigenvalue weighted by Crippen LogP contribution is 2.34. The molecule has 0 radical (unpaired) electrons. The molecule has 8 nitrogen and oxygen atoms in total. The van der Waals surface area contributed by atoms with Crippen LogP contribution in [0.5, 0.6) is 5.75 Å². The van der Waals surface area contributed by atoms with E-state index in [-0.39, 0.29) is 29.7 Å². The molecule has 0 aromatic heterocycles. The second kappa shape index (κ2) is 8.23. The Labute approximate surface area is 185 Å². The molecule has 2 heterocycles. The number of carbonyl (C=O) groups is 4. The Bertz CT molecular complexity index is 1150. The average molecular weight is 461 g/mol. The molecular formula is C22H18F3N3O5.